The van der Waals surface area contributed by atoms with E-state index >= 15 is 0 Å². The Bertz CT molecular complexity index is 3420. The quantitative estimate of drug-likeness (QED) is 0.111. The molecule has 0 amide bonds. The number of fused-ring (bicyclic) bond motifs is 11. The van der Waals surface area contributed by atoms with Crippen LogP contribution in [-0.2, 0) is 5.41 Å². The molecule has 11 aromatic rings. The lowest BCUT2D eigenvalue weighted by Crippen LogP contribution is -2.28. The smallest absolute Gasteiger partial charge is 0.0654 e. The summed E-state index contributed by atoms with van der Waals surface area (Å²) in [6, 6.07) is 81.6. The Morgan fingerprint density at radius 1 is 0.302 bits per heavy atom. The van der Waals surface area contributed by atoms with Gasteiger partial charge < -0.3 is 0 Å². The molecule has 0 saturated carbocycles. The maximum Gasteiger partial charge on any atom is 0.0719 e. The van der Waals surface area contributed by atoms with Gasteiger partial charge in [-0.2, -0.15) is 0 Å². The van der Waals surface area contributed by atoms with Crippen LogP contribution in [0.3, 0.4) is 0 Å². The SMILES string of the molecule is CCCCCC.c1ccc(C2(c3ccccc3)c3cc(-c4cc5ccccc5c5ccccc45)ccc3-c3ccc4cc(-c5cc6ccccc6c6ccccc56)ccc4c32)cc1. The molecule has 0 spiro atoms. The summed E-state index contributed by atoms with van der Waals surface area (Å²) in [5.41, 5.74) is 12.2. The van der Waals surface area contributed by atoms with Gasteiger partial charge in [-0.3, -0.25) is 0 Å². The van der Waals surface area contributed by atoms with Crippen LogP contribution in [0.2, 0.25) is 0 Å². The summed E-state index contributed by atoms with van der Waals surface area (Å²) in [4.78, 5) is 0. The fourth-order valence-corrected chi connectivity index (χ4v) is 10.7. The highest BCUT2D eigenvalue weighted by atomic mass is 14.5. The second-order valence-corrected chi connectivity index (χ2v) is 17.3. The van der Waals surface area contributed by atoms with E-state index in [9.17, 15) is 0 Å². The minimum Gasteiger partial charge on any atom is -0.0654 e. The van der Waals surface area contributed by atoms with Crippen LogP contribution in [-0.4, -0.2) is 0 Å². The van der Waals surface area contributed by atoms with E-state index in [2.05, 4.69) is 232 Å². The molecule has 0 fully saturated rings. The fraction of sp³-hybridized carbons (Fsp3) is 0.111. The van der Waals surface area contributed by atoms with Gasteiger partial charge in [-0.25, -0.2) is 0 Å². The Hall–Kier alpha value is -7.28. The van der Waals surface area contributed by atoms with Gasteiger partial charge in [-0.15, -0.1) is 0 Å². The van der Waals surface area contributed by atoms with Gasteiger partial charge in [0.1, 0.15) is 0 Å². The normalized spacial score (nSPS) is 12.7. The van der Waals surface area contributed by atoms with Crippen LogP contribution in [0.1, 0.15) is 61.8 Å². The van der Waals surface area contributed by atoms with Gasteiger partial charge in [-0.1, -0.05) is 234 Å². The Balaban J connectivity index is 0.000000695. The van der Waals surface area contributed by atoms with Gasteiger partial charge in [0.15, 0.2) is 0 Å². The number of hydrogen-bond acceptors (Lipinski definition) is 0. The van der Waals surface area contributed by atoms with E-state index in [-0.39, 0.29) is 0 Å². The van der Waals surface area contributed by atoms with Crippen molar-refractivity contribution in [2.45, 2.75) is 44.9 Å². The maximum atomic E-state index is 2.51. The lowest BCUT2D eigenvalue weighted by atomic mass is 9.66. The van der Waals surface area contributed by atoms with E-state index in [0.29, 0.717) is 0 Å². The highest BCUT2D eigenvalue weighted by Gasteiger charge is 2.47. The monoisotopic (exact) mass is 806 g/mol. The molecule has 63 heavy (non-hydrogen) atoms. The molecule has 0 saturated heterocycles. The first kappa shape index (κ1) is 38.6. The lowest BCUT2D eigenvalue weighted by molar-refractivity contribution is 0.702. The second-order valence-electron chi connectivity index (χ2n) is 17.3. The summed E-state index contributed by atoms with van der Waals surface area (Å²) in [6.07, 6.45) is 5.54. The van der Waals surface area contributed by atoms with Gasteiger partial charge in [0, 0.05) is 0 Å². The summed E-state index contributed by atoms with van der Waals surface area (Å²) < 4.78 is 0. The van der Waals surface area contributed by atoms with Gasteiger partial charge in [0.05, 0.1) is 5.41 Å². The number of unbranched alkanes of at least 4 members (excludes halogenated alkanes) is 3. The van der Waals surface area contributed by atoms with E-state index in [0.717, 1.165) is 0 Å². The molecule has 0 aromatic heterocycles. The van der Waals surface area contributed by atoms with Crippen molar-refractivity contribution in [3.63, 3.8) is 0 Å². The fourth-order valence-electron chi connectivity index (χ4n) is 10.7. The summed E-state index contributed by atoms with van der Waals surface area (Å²) in [5.74, 6) is 0. The lowest BCUT2D eigenvalue weighted by Gasteiger charge is -2.35. The van der Waals surface area contributed by atoms with Crippen LogP contribution < -0.4 is 0 Å². The average molecular weight is 807 g/mol. The summed E-state index contributed by atoms with van der Waals surface area (Å²) in [7, 11) is 0. The van der Waals surface area contributed by atoms with Crippen LogP contribution in [0.25, 0.3) is 87.2 Å². The maximum absolute atomic E-state index is 2.51. The third kappa shape index (κ3) is 6.35. The number of rotatable bonds is 7. The van der Waals surface area contributed by atoms with Crippen molar-refractivity contribution in [2.24, 2.45) is 0 Å². The number of hydrogen-bond donors (Lipinski definition) is 0. The first-order chi connectivity index (χ1) is 31.2. The number of benzene rings is 11. The summed E-state index contributed by atoms with van der Waals surface area (Å²) in [5, 5.41) is 12.7. The zero-order valence-corrected chi connectivity index (χ0v) is 36.1. The molecular formula is C63H50. The molecule has 1 aliphatic carbocycles. The van der Waals surface area contributed by atoms with Crippen molar-refractivity contribution in [2.75, 3.05) is 0 Å². The van der Waals surface area contributed by atoms with Gasteiger partial charge in [-0.05, 0) is 134 Å². The third-order valence-electron chi connectivity index (χ3n) is 13.6. The first-order valence-corrected chi connectivity index (χ1v) is 22.8. The molecule has 11 aromatic carbocycles. The molecule has 12 rings (SSSR count). The molecule has 0 atom stereocenters. The summed E-state index contributed by atoms with van der Waals surface area (Å²) >= 11 is 0. The zero-order chi connectivity index (χ0) is 42.3. The van der Waals surface area contributed by atoms with E-state index in [1.54, 1.807) is 0 Å². The van der Waals surface area contributed by atoms with Crippen molar-refractivity contribution in [1.82, 2.24) is 0 Å². The molecule has 0 unspecified atom stereocenters. The molecule has 1 aliphatic rings. The molecule has 0 aliphatic heterocycles. The Labute approximate surface area is 371 Å². The van der Waals surface area contributed by atoms with E-state index < -0.39 is 5.41 Å². The van der Waals surface area contributed by atoms with Crippen molar-refractivity contribution in [1.29, 1.82) is 0 Å². The molecule has 302 valence electrons. The molecular weight excluding hydrogens is 757 g/mol. The largest absolute Gasteiger partial charge is 0.0719 e. The van der Waals surface area contributed by atoms with Crippen LogP contribution in [0.5, 0.6) is 0 Å². The third-order valence-corrected chi connectivity index (χ3v) is 13.6. The Kier molecular flexibility index (Phi) is 9.94. The van der Waals surface area contributed by atoms with E-state index in [4.69, 9.17) is 0 Å². The first-order valence-electron chi connectivity index (χ1n) is 22.8. The molecule has 0 heteroatoms. The predicted molar refractivity (Wildman–Crippen MR) is 272 cm³/mol. The molecule has 0 heterocycles. The predicted octanol–water partition coefficient (Wildman–Crippen LogP) is 17.7. The topological polar surface area (TPSA) is 0 Å². The van der Waals surface area contributed by atoms with Crippen molar-refractivity contribution >= 4 is 53.9 Å². The standard InChI is InChI=1S/C57H36.C6H14/c1-3-17-42(18-4-1)57(43-19-5-2-6-20-43)55-36-41(54-35-38-16-8-10-22-45(38)48-24-12-14-26-50(48)54)28-31-51(55)52-32-29-39-33-40(27-30-46(39)56(52)57)53-34-37-15-7-9-21-44(37)47-23-11-13-25-49(47)53;1-3-5-6-4-2/h1-36H;3-6H2,1-2H3. The minimum atomic E-state index is -0.549. The van der Waals surface area contributed by atoms with Crippen LogP contribution in [0.15, 0.2) is 218 Å². The zero-order valence-electron chi connectivity index (χ0n) is 36.1. The second kappa shape index (κ2) is 16.2. The van der Waals surface area contributed by atoms with Crippen molar-refractivity contribution in [3.05, 3.63) is 241 Å². The van der Waals surface area contributed by atoms with Crippen molar-refractivity contribution in [3.8, 4) is 33.4 Å². The Morgan fingerprint density at radius 3 is 1.27 bits per heavy atom. The van der Waals surface area contributed by atoms with Gasteiger partial charge in [0.25, 0.3) is 0 Å². The minimum absolute atomic E-state index is 0.549. The van der Waals surface area contributed by atoms with Gasteiger partial charge >= 0.3 is 0 Å². The van der Waals surface area contributed by atoms with Gasteiger partial charge in [0.2, 0.25) is 0 Å². The molecule has 0 bridgehead atoms. The Morgan fingerprint density at radius 2 is 0.730 bits per heavy atom. The van der Waals surface area contributed by atoms with Crippen LogP contribution in [0.4, 0.5) is 0 Å². The van der Waals surface area contributed by atoms with E-state index in [1.165, 1.54) is 135 Å². The average Bonchev–Trinajstić information content (AvgIpc) is 3.66. The highest BCUT2D eigenvalue weighted by Crippen LogP contribution is 2.59. The van der Waals surface area contributed by atoms with Crippen molar-refractivity contribution < 1.29 is 0 Å². The van der Waals surface area contributed by atoms with E-state index in [1.807, 2.05) is 0 Å². The molecule has 0 nitrogen and oxygen atoms in total. The van der Waals surface area contributed by atoms with Crippen LogP contribution >= 0.6 is 0 Å². The summed E-state index contributed by atoms with van der Waals surface area (Å²) in [6.45, 7) is 4.46. The molecule has 0 radical (unpaired) electrons. The molecule has 0 N–H and O–H groups in total. The van der Waals surface area contributed by atoms with Crippen LogP contribution in [0, 0.1) is 0 Å². The highest BCUT2D eigenvalue weighted by molar-refractivity contribution is 6.16.